The SMILES string of the molecule is CCCCNc1c(C#N)c(F)c2c(N)nc(N)nc2c1Cl. The quantitative estimate of drug-likeness (QED) is 0.748. The van der Waals surface area contributed by atoms with Crippen molar-refractivity contribution in [2.45, 2.75) is 19.8 Å². The molecule has 1 aromatic carbocycles. The van der Waals surface area contributed by atoms with Crippen LogP contribution in [0.5, 0.6) is 0 Å². The van der Waals surface area contributed by atoms with Gasteiger partial charge in [-0.3, -0.25) is 0 Å². The summed E-state index contributed by atoms with van der Waals surface area (Å²) in [4.78, 5) is 7.63. The van der Waals surface area contributed by atoms with Crippen molar-refractivity contribution in [1.29, 1.82) is 5.26 Å². The Morgan fingerprint density at radius 2 is 2.10 bits per heavy atom. The second-order valence-electron chi connectivity index (χ2n) is 4.46. The molecule has 0 amide bonds. The fourth-order valence-corrected chi connectivity index (χ4v) is 2.29. The first-order valence-corrected chi connectivity index (χ1v) is 6.76. The predicted molar refractivity (Wildman–Crippen MR) is 81.4 cm³/mol. The van der Waals surface area contributed by atoms with Gasteiger partial charge in [0.1, 0.15) is 23.0 Å². The minimum atomic E-state index is -0.798. The molecule has 2 aromatic rings. The van der Waals surface area contributed by atoms with Gasteiger partial charge in [0.15, 0.2) is 5.82 Å². The molecule has 0 aliphatic carbocycles. The van der Waals surface area contributed by atoms with E-state index in [0.29, 0.717) is 6.54 Å². The van der Waals surface area contributed by atoms with E-state index in [1.807, 2.05) is 6.92 Å². The number of anilines is 3. The van der Waals surface area contributed by atoms with Crippen molar-refractivity contribution in [2.24, 2.45) is 0 Å². The number of hydrogen-bond donors (Lipinski definition) is 3. The summed E-state index contributed by atoms with van der Waals surface area (Å²) in [6, 6.07) is 1.80. The normalized spacial score (nSPS) is 10.6. The van der Waals surface area contributed by atoms with Gasteiger partial charge in [-0.2, -0.15) is 10.2 Å². The molecule has 6 nitrogen and oxygen atoms in total. The fourth-order valence-electron chi connectivity index (χ4n) is 2.00. The van der Waals surface area contributed by atoms with E-state index in [1.165, 1.54) is 0 Å². The lowest BCUT2D eigenvalue weighted by Gasteiger charge is -2.14. The monoisotopic (exact) mass is 308 g/mol. The van der Waals surface area contributed by atoms with Crippen molar-refractivity contribution < 1.29 is 4.39 Å². The molecule has 110 valence electrons. The molecule has 0 saturated carbocycles. The number of nitrogens with two attached hydrogens (primary N) is 2. The van der Waals surface area contributed by atoms with E-state index in [4.69, 9.17) is 23.1 Å². The molecule has 0 aliphatic rings. The molecule has 1 aromatic heterocycles. The Bertz CT molecular complexity index is 740. The summed E-state index contributed by atoms with van der Waals surface area (Å²) >= 11 is 6.24. The van der Waals surface area contributed by atoms with Crippen LogP contribution in [0.4, 0.5) is 21.8 Å². The first kappa shape index (κ1) is 15.1. The van der Waals surface area contributed by atoms with Crippen molar-refractivity contribution in [2.75, 3.05) is 23.3 Å². The van der Waals surface area contributed by atoms with E-state index in [9.17, 15) is 9.65 Å². The lowest BCUT2D eigenvalue weighted by molar-refractivity contribution is 0.636. The van der Waals surface area contributed by atoms with Gasteiger partial charge in [-0.05, 0) is 6.42 Å². The van der Waals surface area contributed by atoms with Crippen LogP contribution in [0.1, 0.15) is 25.3 Å². The predicted octanol–water partition coefficient (Wildman–Crippen LogP) is 2.67. The zero-order valence-corrected chi connectivity index (χ0v) is 12.1. The van der Waals surface area contributed by atoms with Gasteiger partial charge >= 0.3 is 0 Å². The Balaban J connectivity index is 2.74. The highest BCUT2D eigenvalue weighted by Crippen LogP contribution is 2.37. The molecule has 0 atom stereocenters. The van der Waals surface area contributed by atoms with Crippen LogP contribution in [0.25, 0.3) is 10.9 Å². The Morgan fingerprint density at radius 3 is 2.71 bits per heavy atom. The maximum absolute atomic E-state index is 14.5. The van der Waals surface area contributed by atoms with Crippen LogP contribution in [0.2, 0.25) is 5.02 Å². The second kappa shape index (κ2) is 5.97. The third-order valence-electron chi connectivity index (χ3n) is 3.01. The molecular formula is C13H14ClFN6. The van der Waals surface area contributed by atoms with Crippen LogP contribution in [-0.2, 0) is 0 Å². The summed E-state index contributed by atoms with van der Waals surface area (Å²) in [6.45, 7) is 2.58. The van der Waals surface area contributed by atoms with Gasteiger partial charge in [0.2, 0.25) is 5.95 Å². The van der Waals surface area contributed by atoms with E-state index in [-0.39, 0.29) is 38.9 Å². The van der Waals surface area contributed by atoms with Crippen molar-refractivity contribution in [3.05, 3.63) is 16.4 Å². The van der Waals surface area contributed by atoms with Crippen LogP contribution in [-0.4, -0.2) is 16.5 Å². The average molecular weight is 309 g/mol. The standard InChI is InChI=1S/C13H14ClFN6/c1-2-3-4-19-10-6(5-16)9(15)7-11(8(10)14)20-13(18)21-12(7)17/h19H,2-4H2,1H3,(H4,17,18,20,21). The number of halogens is 2. The summed E-state index contributed by atoms with van der Waals surface area (Å²) in [5.41, 5.74) is 11.3. The van der Waals surface area contributed by atoms with Gasteiger partial charge in [-0.25, -0.2) is 9.37 Å². The van der Waals surface area contributed by atoms with Crippen LogP contribution in [0, 0.1) is 17.1 Å². The van der Waals surface area contributed by atoms with E-state index < -0.39 is 5.82 Å². The van der Waals surface area contributed by atoms with Crippen LogP contribution < -0.4 is 16.8 Å². The Kier molecular flexibility index (Phi) is 4.29. The summed E-state index contributed by atoms with van der Waals surface area (Å²) < 4.78 is 14.5. The van der Waals surface area contributed by atoms with Gasteiger partial charge in [-0.1, -0.05) is 24.9 Å². The molecule has 1 heterocycles. The molecular weight excluding hydrogens is 295 g/mol. The summed E-state index contributed by atoms with van der Waals surface area (Å²) in [6.07, 6.45) is 1.81. The number of nitrogen functional groups attached to an aromatic ring is 2. The van der Waals surface area contributed by atoms with E-state index in [1.54, 1.807) is 6.07 Å². The van der Waals surface area contributed by atoms with E-state index >= 15 is 0 Å². The lowest BCUT2D eigenvalue weighted by atomic mass is 10.1. The third kappa shape index (κ3) is 2.62. The maximum atomic E-state index is 14.5. The van der Waals surface area contributed by atoms with Crippen LogP contribution in [0.3, 0.4) is 0 Å². The minimum Gasteiger partial charge on any atom is -0.383 e. The van der Waals surface area contributed by atoms with Crippen LogP contribution >= 0.6 is 11.6 Å². The smallest absolute Gasteiger partial charge is 0.222 e. The first-order chi connectivity index (χ1) is 10.0. The highest BCUT2D eigenvalue weighted by Gasteiger charge is 2.22. The van der Waals surface area contributed by atoms with Crippen molar-refractivity contribution >= 4 is 40.0 Å². The molecule has 0 fully saturated rings. The number of rotatable bonds is 4. The highest BCUT2D eigenvalue weighted by atomic mass is 35.5. The minimum absolute atomic E-state index is 0.0909. The number of unbranched alkanes of at least 4 members (excludes halogenated alkanes) is 1. The van der Waals surface area contributed by atoms with Crippen LogP contribution in [0.15, 0.2) is 0 Å². The molecule has 0 spiro atoms. The average Bonchev–Trinajstić information content (AvgIpc) is 2.43. The lowest BCUT2D eigenvalue weighted by Crippen LogP contribution is -2.08. The zero-order chi connectivity index (χ0) is 15.6. The van der Waals surface area contributed by atoms with Gasteiger partial charge < -0.3 is 16.8 Å². The maximum Gasteiger partial charge on any atom is 0.222 e. The molecule has 0 unspecified atom stereocenters. The molecule has 0 saturated heterocycles. The number of nitrogens with zero attached hydrogens (tertiary/aromatic N) is 3. The molecule has 0 radical (unpaired) electrons. The Hall–Kier alpha value is -2.33. The van der Waals surface area contributed by atoms with Gasteiger partial charge in [0.25, 0.3) is 0 Å². The third-order valence-corrected chi connectivity index (χ3v) is 3.38. The number of nitriles is 1. The van der Waals surface area contributed by atoms with Crippen molar-refractivity contribution in [3.8, 4) is 6.07 Å². The largest absolute Gasteiger partial charge is 0.383 e. The molecule has 2 rings (SSSR count). The van der Waals surface area contributed by atoms with Gasteiger partial charge in [0, 0.05) is 6.54 Å². The van der Waals surface area contributed by atoms with E-state index in [0.717, 1.165) is 12.8 Å². The molecule has 0 bridgehead atoms. The van der Waals surface area contributed by atoms with Crippen molar-refractivity contribution in [3.63, 3.8) is 0 Å². The Labute approximate surface area is 125 Å². The van der Waals surface area contributed by atoms with E-state index in [2.05, 4.69) is 15.3 Å². The topological polar surface area (TPSA) is 114 Å². The second-order valence-corrected chi connectivity index (χ2v) is 4.84. The molecule has 21 heavy (non-hydrogen) atoms. The highest BCUT2D eigenvalue weighted by molar-refractivity contribution is 6.38. The number of benzene rings is 1. The number of fused-ring (bicyclic) bond motifs is 1. The summed E-state index contributed by atoms with van der Waals surface area (Å²) in [7, 11) is 0. The number of nitrogens with one attached hydrogen (secondary N) is 1. The zero-order valence-electron chi connectivity index (χ0n) is 11.4. The fraction of sp³-hybridized carbons (Fsp3) is 0.308. The first-order valence-electron chi connectivity index (χ1n) is 6.38. The van der Waals surface area contributed by atoms with Crippen molar-refractivity contribution in [1.82, 2.24) is 9.97 Å². The summed E-state index contributed by atoms with van der Waals surface area (Å²) in [5, 5.41) is 12.2. The molecule has 0 aliphatic heterocycles. The summed E-state index contributed by atoms with van der Waals surface area (Å²) in [5.74, 6) is -1.05. The molecule has 8 heteroatoms. The van der Waals surface area contributed by atoms with Gasteiger partial charge in [-0.15, -0.1) is 0 Å². The van der Waals surface area contributed by atoms with Gasteiger partial charge in [0.05, 0.1) is 16.1 Å². The number of hydrogen-bond acceptors (Lipinski definition) is 6. The Morgan fingerprint density at radius 1 is 1.38 bits per heavy atom. The number of aromatic nitrogens is 2. The molecule has 5 N–H and O–H groups in total.